The molecule has 110 valence electrons. The third kappa shape index (κ3) is 9.04. The van der Waals surface area contributed by atoms with E-state index in [1.54, 1.807) is 0 Å². The first-order valence-electron chi connectivity index (χ1n) is 6.71. The van der Waals surface area contributed by atoms with Crippen LogP contribution in [0.4, 0.5) is 0 Å². The molecule has 0 aliphatic heterocycles. The molecule has 0 fully saturated rings. The van der Waals surface area contributed by atoms with Crippen molar-refractivity contribution in [3.8, 4) is 0 Å². The van der Waals surface area contributed by atoms with Gasteiger partial charge in [-0.2, -0.15) is 0 Å². The summed E-state index contributed by atoms with van der Waals surface area (Å²) >= 11 is 0. The fourth-order valence-electron chi connectivity index (χ4n) is 1.28. The van der Waals surface area contributed by atoms with Crippen molar-refractivity contribution in [2.75, 3.05) is 0 Å². The van der Waals surface area contributed by atoms with E-state index in [-0.39, 0.29) is 25.2 Å². The van der Waals surface area contributed by atoms with Gasteiger partial charge in [-0.25, -0.2) is 0 Å². The molecular weight excluding hydrogens is 250 g/mol. The quantitative estimate of drug-likeness (QED) is 0.512. The van der Waals surface area contributed by atoms with Crippen LogP contribution in [0, 0.1) is 0 Å². The van der Waals surface area contributed by atoms with Crippen LogP contribution in [0.2, 0.25) is 0 Å². The smallest absolute Gasteiger partial charge is 0.331 e. The SMILES string of the molecule is CCCC(=O)NC(OC(=O)CCC)OC(=O)CCC. The minimum Gasteiger partial charge on any atom is -0.406 e. The lowest BCUT2D eigenvalue weighted by molar-refractivity contribution is -0.194. The van der Waals surface area contributed by atoms with E-state index < -0.39 is 18.4 Å². The monoisotopic (exact) mass is 273 g/mol. The maximum absolute atomic E-state index is 11.4. The van der Waals surface area contributed by atoms with Gasteiger partial charge < -0.3 is 9.47 Å². The molecular formula is C13H23NO5. The number of hydrogen-bond acceptors (Lipinski definition) is 5. The number of rotatable bonds is 9. The van der Waals surface area contributed by atoms with Crippen LogP contribution in [0.25, 0.3) is 0 Å². The topological polar surface area (TPSA) is 81.7 Å². The average molecular weight is 273 g/mol. The number of carbonyl (C=O) groups excluding carboxylic acids is 3. The van der Waals surface area contributed by atoms with Crippen LogP contribution >= 0.6 is 0 Å². The van der Waals surface area contributed by atoms with E-state index in [4.69, 9.17) is 9.47 Å². The number of amides is 1. The van der Waals surface area contributed by atoms with Gasteiger partial charge in [-0.05, 0) is 19.3 Å². The lowest BCUT2D eigenvalue weighted by Gasteiger charge is -2.19. The van der Waals surface area contributed by atoms with Crippen molar-refractivity contribution in [3.63, 3.8) is 0 Å². The second-order valence-electron chi connectivity index (χ2n) is 4.13. The van der Waals surface area contributed by atoms with Gasteiger partial charge in [0.1, 0.15) is 0 Å². The molecule has 0 aliphatic rings. The summed E-state index contributed by atoms with van der Waals surface area (Å²) in [7, 11) is 0. The van der Waals surface area contributed by atoms with E-state index in [9.17, 15) is 14.4 Å². The molecule has 0 radical (unpaired) electrons. The lowest BCUT2D eigenvalue weighted by atomic mass is 10.3. The van der Waals surface area contributed by atoms with E-state index in [1.807, 2.05) is 20.8 Å². The zero-order valence-corrected chi connectivity index (χ0v) is 11.9. The van der Waals surface area contributed by atoms with E-state index >= 15 is 0 Å². The summed E-state index contributed by atoms with van der Waals surface area (Å²) < 4.78 is 9.82. The molecule has 0 spiro atoms. The Bertz CT molecular complexity index is 256. The summed E-state index contributed by atoms with van der Waals surface area (Å²) in [5, 5.41) is 2.37. The number of carbonyl (C=O) groups is 3. The van der Waals surface area contributed by atoms with Gasteiger partial charge in [0, 0.05) is 19.3 Å². The minimum absolute atomic E-state index is 0.214. The average Bonchev–Trinajstić information content (AvgIpc) is 2.29. The largest absolute Gasteiger partial charge is 0.406 e. The van der Waals surface area contributed by atoms with Crippen molar-refractivity contribution < 1.29 is 23.9 Å². The van der Waals surface area contributed by atoms with Crippen LogP contribution in [0.3, 0.4) is 0 Å². The highest BCUT2D eigenvalue weighted by molar-refractivity contribution is 5.77. The fourth-order valence-corrected chi connectivity index (χ4v) is 1.28. The summed E-state index contributed by atoms with van der Waals surface area (Å²) in [6.45, 7) is 5.50. The molecule has 0 aromatic rings. The van der Waals surface area contributed by atoms with Crippen LogP contribution in [0.1, 0.15) is 59.3 Å². The Morgan fingerprint density at radius 3 is 1.63 bits per heavy atom. The van der Waals surface area contributed by atoms with Crippen LogP contribution in [0.5, 0.6) is 0 Å². The second-order valence-corrected chi connectivity index (χ2v) is 4.13. The predicted molar refractivity (Wildman–Crippen MR) is 68.8 cm³/mol. The molecule has 0 bridgehead atoms. The van der Waals surface area contributed by atoms with E-state index in [1.165, 1.54) is 0 Å². The number of esters is 2. The molecule has 1 amide bonds. The molecule has 0 heterocycles. The summed E-state index contributed by atoms with van der Waals surface area (Å²) in [6.07, 6.45) is 1.29. The fraction of sp³-hybridized carbons (Fsp3) is 0.769. The van der Waals surface area contributed by atoms with Crippen LogP contribution in [0.15, 0.2) is 0 Å². The highest BCUT2D eigenvalue weighted by atomic mass is 16.7. The Labute approximate surface area is 113 Å². The van der Waals surface area contributed by atoms with Gasteiger partial charge in [-0.15, -0.1) is 0 Å². The molecule has 0 aromatic heterocycles. The number of nitrogens with one attached hydrogen (secondary N) is 1. The van der Waals surface area contributed by atoms with Crippen LogP contribution < -0.4 is 5.32 Å². The zero-order valence-electron chi connectivity index (χ0n) is 11.9. The predicted octanol–water partition coefficient (Wildman–Crippen LogP) is 1.87. The first-order chi connectivity index (χ1) is 9.03. The molecule has 6 heteroatoms. The lowest BCUT2D eigenvalue weighted by Crippen LogP contribution is -2.41. The Hall–Kier alpha value is -1.59. The van der Waals surface area contributed by atoms with Gasteiger partial charge in [0.25, 0.3) is 0 Å². The molecule has 1 N–H and O–H groups in total. The molecule has 0 saturated heterocycles. The minimum atomic E-state index is -1.32. The first kappa shape index (κ1) is 17.4. The summed E-state index contributed by atoms with van der Waals surface area (Å²) in [4.78, 5) is 34.2. The third-order valence-electron chi connectivity index (χ3n) is 2.14. The van der Waals surface area contributed by atoms with Gasteiger partial charge in [-0.3, -0.25) is 19.7 Å². The summed E-state index contributed by atoms with van der Waals surface area (Å²) in [5.41, 5.74) is 0. The number of ether oxygens (including phenoxy) is 2. The van der Waals surface area contributed by atoms with Gasteiger partial charge in [-0.1, -0.05) is 20.8 Å². The van der Waals surface area contributed by atoms with Crippen LogP contribution in [-0.2, 0) is 23.9 Å². The van der Waals surface area contributed by atoms with Crippen molar-refractivity contribution in [1.29, 1.82) is 0 Å². The van der Waals surface area contributed by atoms with Gasteiger partial charge in [0.2, 0.25) is 5.91 Å². The molecule has 0 atom stereocenters. The molecule has 0 aliphatic carbocycles. The number of hydrogen-bond donors (Lipinski definition) is 1. The normalized spacial score (nSPS) is 10.1. The van der Waals surface area contributed by atoms with Gasteiger partial charge in [0.15, 0.2) is 0 Å². The second kappa shape index (κ2) is 10.3. The Balaban J connectivity index is 4.40. The van der Waals surface area contributed by atoms with Gasteiger partial charge >= 0.3 is 18.4 Å². The van der Waals surface area contributed by atoms with Crippen molar-refractivity contribution in [1.82, 2.24) is 5.32 Å². The Morgan fingerprint density at radius 2 is 1.26 bits per heavy atom. The molecule has 19 heavy (non-hydrogen) atoms. The Morgan fingerprint density at radius 1 is 0.842 bits per heavy atom. The molecule has 0 aromatic carbocycles. The Kier molecular flexibility index (Phi) is 9.48. The maximum Gasteiger partial charge on any atom is 0.331 e. The van der Waals surface area contributed by atoms with Crippen LogP contribution in [-0.4, -0.2) is 24.3 Å². The van der Waals surface area contributed by atoms with E-state index in [0.717, 1.165) is 0 Å². The van der Waals surface area contributed by atoms with Crippen molar-refractivity contribution in [2.24, 2.45) is 0 Å². The van der Waals surface area contributed by atoms with Gasteiger partial charge in [0.05, 0.1) is 0 Å². The molecule has 0 unspecified atom stereocenters. The molecule has 6 nitrogen and oxygen atoms in total. The third-order valence-corrected chi connectivity index (χ3v) is 2.14. The molecule has 0 rings (SSSR count). The summed E-state index contributed by atoms with van der Waals surface area (Å²) in [6, 6.07) is 0. The highest BCUT2D eigenvalue weighted by Gasteiger charge is 2.20. The molecule has 0 saturated carbocycles. The summed E-state index contributed by atoms with van der Waals surface area (Å²) in [5.74, 6) is -1.33. The van der Waals surface area contributed by atoms with E-state index in [0.29, 0.717) is 19.3 Å². The van der Waals surface area contributed by atoms with E-state index in [2.05, 4.69) is 5.32 Å². The first-order valence-corrected chi connectivity index (χ1v) is 6.71. The van der Waals surface area contributed by atoms with Crippen molar-refractivity contribution in [2.45, 2.75) is 65.7 Å². The maximum atomic E-state index is 11.4. The zero-order chi connectivity index (χ0) is 14.7. The highest BCUT2D eigenvalue weighted by Crippen LogP contribution is 2.02. The standard InChI is InChI=1S/C13H23NO5/c1-4-7-10(15)14-13(18-11(16)8-5-2)19-12(17)9-6-3/h13H,4-9H2,1-3H3,(H,14,15). The van der Waals surface area contributed by atoms with Crippen molar-refractivity contribution >= 4 is 17.8 Å². The van der Waals surface area contributed by atoms with Crippen molar-refractivity contribution in [3.05, 3.63) is 0 Å².